The summed E-state index contributed by atoms with van der Waals surface area (Å²) in [5.41, 5.74) is 5.99. The van der Waals surface area contributed by atoms with Gasteiger partial charge in [0.25, 0.3) is 5.91 Å². The molecule has 3 heterocycles. The van der Waals surface area contributed by atoms with Crippen molar-refractivity contribution in [3.63, 3.8) is 0 Å². The van der Waals surface area contributed by atoms with Crippen LogP contribution in [0.3, 0.4) is 0 Å². The lowest BCUT2D eigenvalue weighted by Gasteiger charge is -2.21. The van der Waals surface area contributed by atoms with Crippen LogP contribution in [-0.2, 0) is 6.54 Å². The summed E-state index contributed by atoms with van der Waals surface area (Å²) in [4.78, 5) is 26.6. The number of likely N-dealkylation sites (N-methyl/N-ethyl adjacent to an activating group) is 1. The highest BCUT2D eigenvalue weighted by Gasteiger charge is 2.32. The van der Waals surface area contributed by atoms with Crippen molar-refractivity contribution in [1.82, 2.24) is 24.3 Å². The van der Waals surface area contributed by atoms with Gasteiger partial charge in [-0.2, -0.15) is 0 Å². The summed E-state index contributed by atoms with van der Waals surface area (Å²) >= 11 is 12.6. The number of nitrogens with one attached hydrogen (secondary N) is 1. The van der Waals surface area contributed by atoms with E-state index in [2.05, 4.69) is 28.5 Å². The maximum Gasteiger partial charge on any atom is 0.271 e. The molecule has 0 bridgehead atoms. The summed E-state index contributed by atoms with van der Waals surface area (Å²) < 4.78 is 2.12. The Balaban J connectivity index is 1.55. The number of imidazole rings is 1. The largest absolute Gasteiger partial charge is 0.350 e. The van der Waals surface area contributed by atoms with Crippen molar-refractivity contribution < 1.29 is 4.79 Å². The van der Waals surface area contributed by atoms with Gasteiger partial charge in [-0.05, 0) is 50.3 Å². The third kappa shape index (κ3) is 4.96. The van der Waals surface area contributed by atoms with Gasteiger partial charge in [0, 0.05) is 57.8 Å². The van der Waals surface area contributed by atoms with E-state index in [0.29, 0.717) is 41.4 Å². The van der Waals surface area contributed by atoms with Crippen LogP contribution in [0.2, 0.25) is 10.0 Å². The number of hydrogen-bond donors (Lipinski definition) is 1. The Morgan fingerprint density at radius 2 is 1.77 bits per heavy atom. The van der Waals surface area contributed by atoms with Crippen molar-refractivity contribution in [3.05, 3.63) is 100 Å². The second-order valence-electron chi connectivity index (χ2n) is 10.3. The van der Waals surface area contributed by atoms with E-state index in [1.165, 1.54) is 0 Å². The number of likely N-dealkylation sites (tertiary alicyclic amines) is 1. The Morgan fingerprint density at radius 3 is 2.49 bits per heavy atom. The van der Waals surface area contributed by atoms with Gasteiger partial charge in [0.15, 0.2) is 0 Å². The molecule has 1 saturated heterocycles. The number of aromatic nitrogens is 3. The molecule has 5 aromatic rings. The number of benzene rings is 3. The number of aromatic amines is 1. The molecule has 3 aromatic carbocycles. The van der Waals surface area contributed by atoms with Crippen molar-refractivity contribution >= 4 is 40.0 Å². The third-order valence-electron chi connectivity index (χ3n) is 7.54. The van der Waals surface area contributed by atoms with E-state index in [9.17, 15) is 4.79 Å². The molecule has 1 aliphatic heterocycles. The molecule has 1 N–H and O–H groups in total. The fourth-order valence-electron chi connectivity index (χ4n) is 5.44. The minimum absolute atomic E-state index is 0.0140. The molecule has 1 aliphatic rings. The molecule has 1 atom stereocenters. The average Bonchev–Trinajstić information content (AvgIpc) is 3.67. The van der Waals surface area contributed by atoms with Gasteiger partial charge in [0.1, 0.15) is 5.69 Å². The van der Waals surface area contributed by atoms with E-state index in [-0.39, 0.29) is 5.91 Å². The van der Waals surface area contributed by atoms with Gasteiger partial charge in [-0.25, -0.2) is 4.98 Å². The number of nitrogens with zero attached hydrogens (tertiary/aromatic N) is 4. The summed E-state index contributed by atoms with van der Waals surface area (Å²) in [7, 11) is 4.13. The van der Waals surface area contributed by atoms with Crippen LogP contribution in [0.5, 0.6) is 0 Å². The highest BCUT2D eigenvalue weighted by molar-refractivity contribution is 6.31. The molecule has 0 spiro atoms. The Kier molecular flexibility index (Phi) is 6.94. The molecular weight excluding hydrogens is 529 g/mol. The van der Waals surface area contributed by atoms with Gasteiger partial charge in [-0.1, -0.05) is 71.7 Å². The van der Waals surface area contributed by atoms with Gasteiger partial charge in [0.05, 0.1) is 17.7 Å². The van der Waals surface area contributed by atoms with E-state index < -0.39 is 0 Å². The summed E-state index contributed by atoms with van der Waals surface area (Å²) in [6, 6.07) is 24.0. The number of fused-ring (bicyclic) bond motifs is 1. The quantitative estimate of drug-likeness (QED) is 0.249. The number of rotatable bonds is 6. The first kappa shape index (κ1) is 25.7. The van der Waals surface area contributed by atoms with Crippen molar-refractivity contribution in [2.75, 3.05) is 27.2 Å². The van der Waals surface area contributed by atoms with Gasteiger partial charge < -0.3 is 19.4 Å². The molecule has 39 heavy (non-hydrogen) atoms. The molecule has 0 unspecified atom stereocenters. The molecule has 0 radical (unpaired) electrons. The Hall–Kier alpha value is -3.58. The lowest BCUT2D eigenvalue weighted by Crippen LogP contribution is -2.34. The summed E-state index contributed by atoms with van der Waals surface area (Å²) in [6.45, 7) is 1.98. The van der Waals surface area contributed by atoms with Crippen LogP contribution in [0.1, 0.15) is 22.5 Å². The molecule has 1 amide bonds. The van der Waals surface area contributed by atoms with E-state index >= 15 is 0 Å². The van der Waals surface area contributed by atoms with Crippen LogP contribution in [0, 0.1) is 0 Å². The highest BCUT2D eigenvalue weighted by Crippen LogP contribution is 2.40. The Labute approximate surface area is 237 Å². The molecule has 0 saturated carbocycles. The van der Waals surface area contributed by atoms with Crippen LogP contribution in [-0.4, -0.2) is 63.5 Å². The van der Waals surface area contributed by atoms with E-state index in [1.807, 2.05) is 84.0 Å². The summed E-state index contributed by atoms with van der Waals surface area (Å²) in [5.74, 6) is -0.0140. The van der Waals surface area contributed by atoms with Gasteiger partial charge in [-0.15, -0.1) is 0 Å². The first-order valence-electron chi connectivity index (χ1n) is 13.0. The smallest absolute Gasteiger partial charge is 0.271 e. The standard InChI is InChI=1S/C31H29Cl2N5O/c1-36(2)24-14-15-37(18-24)31(39)29-27(25-13-12-23(33)16-26(25)35-29)30-28(21-6-4-3-5-7-21)34-19-38(30)17-20-8-10-22(32)11-9-20/h3-13,16,19,24,35H,14-15,17-18H2,1-2H3/t24-/m0/s1. The summed E-state index contributed by atoms with van der Waals surface area (Å²) in [5, 5.41) is 2.24. The van der Waals surface area contributed by atoms with Crippen LogP contribution >= 0.6 is 23.2 Å². The van der Waals surface area contributed by atoms with Crippen LogP contribution in [0.25, 0.3) is 33.4 Å². The molecular formula is C31H29Cl2N5O. The maximum absolute atomic E-state index is 14.1. The first-order valence-corrected chi connectivity index (χ1v) is 13.8. The summed E-state index contributed by atoms with van der Waals surface area (Å²) in [6.07, 6.45) is 2.80. The van der Waals surface area contributed by atoms with E-state index in [4.69, 9.17) is 28.2 Å². The first-order chi connectivity index (χ1) is 18.9. The van der Waals surface area contributed by atoms with Crippen LogP contribution < -0.4 is 0 Å². The van der Waals surface area contributed by atoms with Crippen molar-refractivity contribution in [2.45, 2.75) is 19.0 Å². The van der Waals surface area contributed by atoms with Gasteiger partial charge in [0.2, 0.25) is 0 Å². The van der Waals surface area contributed by atoms with E-state index in [1.54, 1.807) is 0 Å². The fraction of sp³-hybridized carbons (Fsp3) is 0.226. The Morgan fingerprint density at radius 1 is 1.03 bits per heavy atom. The van der Waals surface area contributed by atoms with Crippen LogP contribution in [0.15, 0.2) is 79.1 Å². The second-order valence-corrected chi connectivity index (χ2v) is 11.2. The van der Waals surface area contributed by atoms with E-state index in [0.717, 1.165) is 45.4 Å². The van der Waals surface area contributed by atoms with Crippen molar-refractivity contribution in [2.24, 2.45) is 0 Å². The fourth-order valence-corrected chi connectivity index (χ4v) is 5.74. The predicted octanol–water partition coefficient (Wildman–Crippen LogP) is 6.83. The van der Waals surface area contributed by atoms with Gasteiger partial charge in [-0.3, -0.25) is 4.79 Å². The molecule has 1 fully saturated rings. The number of halogens is 2. The van der Waals surface area contributed by atoms with Gasteiger partial charge >= 0.3 is 0 Å². The molecule has 6 rings (SSSR count). The number of carbonyl (C=O) groups is 1. The van der Waals surface area contributed by atoms with Crippen molar-refractivity contribution in [3.8, 4) is 22.5 Å². The third-order valence-corrected chi connectivity index (χ3v) is 8.03. The zero-order chi connectivity index (χ0) is 27.1. The minimum Gasteiger partial charge on any atom is -0.350 e. The minimum atomic E-state index is -0.0140. The van der Waals surface area contributed by atoms with Crippen molar-refractivity contribution in [1.29, 1.82) is 0 Å². The normalized spacial score (nSPS) is 15.5. The average molecular weight is 559 g/mol. The molecule has 198 valence electrons. The molecule has 6 nitrogen and oxygen atoms in total. The number of amides is 1. The van der Waals surface area contributed by atoms with Crippen LogP contribution in [0.4, 0.5) is 0 Å². The SMILES string of the molecule is CN(C)[C@H]1CCN(C(=O)c2[nH]c3cc(Cl)ccc3c2-c2c(-c3ccccc3)ncn2Cc2ccc(Cl)cc2)C1. The molecule has 0 aliphatic carbocycles. The second kappa shape index (κ2) is 10.5. The molecule has 2 aromatic heterocycles. The zero-order valence-electron chi connectivity index (χ0n) is 21.9. The lowest BCUT2D eigenvalue weighted by molar-refractivity contribution is 0.0779. The topological polar surface area (TPSA) is 57.2 Å². The number of carbonyl (C=O) groups excluding carboxylic acids is 1. The Bertz CT molecular complexity index is 1640. The number of hydrogen-bond acceptors (Lipinski definition) is 3. The monoisotopic (exact) mass is 557 g/mol. The predicted molar refractivity (Wildman–Crippen MR) is 159 cm³/mol. The molecule has 8 heteroatoms. The highest BCUT2D eigenvalue weighted by atomic mass is 35.5. The zero-order valence-corrected chi connectivity index (χ0v) is 23.4. The number of H-pyrrole nitrogens is 1. The lowest BCUT2D eigenvalue weighted by atomic mass is 10.0. The maximum atomic E-state index is 14.1.